The maximum atomic E-state index is 14.0. The van der Waals surface area contributed by atoms with Gasteiger partial charge in [0, 0.05) is 17.6 Å². The number of fused-ring (bicyclic) bond motifs is 3. The molecule has 0 radical (unpaired) electrons. The van der Waals surface area contributed by atoms with E-state index in [1.165, 1.54) is 31.1 Å². The van der Waals surface area contributed by atoms with Gasteiger partial charge in [0.25, 0.3) is 5.91 Å². The summed E-state index contributed by atoms with van der Waals surface area (Å²) >= 11 is 0. The van der Waals surface area contributed by atoms with Crippen LogP contribution in [0.1, 0.15) is 17.5 Å². The smallest absolute Gasteiger partial charge is 0.255 e. The average Bonchev–Trinajstić information content (AvgIpc) is 2.80. The zero-order valence-electron chi connectivity index (χ0n) is 20.3. The number of aliphatic hydroxyl groups excluding tert-OH is 2. The second kappa shape index (κ2) is 8.47. The van der Waals surface area contributed by atoms with Gasteiger partial charge in [0.15, 0.2) is 11.4 Å². The molecule has 198 valence electrons. The number of halogens is 2. The van der Waals surface area contributed by atoms with E-state index in [0.717, 1.165) is 12.1 Å². The fraction of sp³-hybridized carbons (Fsp3) is 0.296. The van der Waals surface area contributed by atoms with Crippen LogP contribution in [0.15, 0.2) is 47.2 Å². The van der Waals surface area contributed by atoms with E-state index in [-0.39, 0.29) is 29.5 Å². The third kappa shape index (κ3) is 3.38. The Hall–Kier alpha value is -4.09. The number of primary amides is 1. The van der Waals surface area contributed by atoms with Crippen LogP contribution < -0.4 is 5.73 Å². The van der Waals surface area contributed by atoms with Crippen molar-refractivity contribution in [3.63, 3.8) is 0 Å². The third-order valence-electron chi connectivity index (χ3n) is 7.78. The Kier molecular flexibility index (Phi) is 5.69. The number of amides is 1. The first-order valence-corrected chi connectivity index (χ1v) is 11.7. The van der Waals surface area contributed by atoms with Gasteiger partial charge in [0.1, 0.15) is 34.5 Å². The molecule has 6 N–H and O–H groups in total. The van der Waals surface area contributed by atoms with E-state index >= 15 is 0 Å². The molecule has 4 atom stereocenters. The summed E-state index contributed by atoms with van der Waals surface area (Å²) < 4.78 is 28.0. The second-order valence-corrected chi connectivity index (χ2v) is 10.1. The summed E-state index contributed by atoms with van der Waals surface area (Å²) in [5, 5.41) is 44.3. The van der Waals surface area contributed by atoms with Crippen LogP contribution in [0.25, 0.3) is 16.9 Å². The molecule has 0 heterocycles. The van der Waals surface area contributed by atoms with Gasteiger partial charge < -0.3 is 26.2 Å². The highest BCUT2D eigenvalue weighted by molar-refractivity contribution is 6.24. The number of aliphatic hydroxyl groups is 3. The molecule has 0 aromatic heterocycles. The van der Waals surface area contributed by atoms with Gasteiger partial charge in [-0.15, -0.1) is 0 Å². The number of carbonyl (C=O) groups is 3. The number of carbonyl (C=O) groups excluding carboxylic acids is 3. The summed E-state index contributed by atoms with van der Waals surface area (Å²) in [6, 6.07) is 4.30. The SMILES string of the molecule is CN(C)[C@H]1C(=O)C(C(N)=O)=C(O)[C@]2(O)C(=O)C3=C(O)c4c(O)ccc(-c5cc(F)cc(F)c5)c4C[C@@H]3C[C@H]12. The Bertz CT molecular complexity index is 1490. The van der Waals surface area contributed by atoms with E-state index in [1.807, 2.05) is 0 Å². The highest BCUT2D eigenvalue weighted by Gasteiger charge is 2.64. The van der Waals surface area contributed by atoms with E-state index in [0.29, 0.717) is 17.2 Å². The molecular weight excluding hydrogens is 502 g/mol. The fourth-order valence-corrected chi connectivity index (χ4v) is 6.22. The minimum absolute atomic E-state index is 0.00357. The van der Waals surface area contributed by atoms with Gasteiger partial charge in [-0.1, -0.05) is 6.07 Å². The lowest BCUT2D eigenvalue weighted by molar-refractivity contribution is -0.153. The summed E-state index contributed by atoms with van der Waals surface area (Å²) in [6.45, 7) is 0. The molecule has 1 saturated carbocycles. The summed E-state index contributed by atoms with van der Waals surface area (Å²) in [5.41, 5.74) is 1.94. The van der Waals surface area contributed by atoms with E-state index in [9.17, 15) is 43.6 Å². The van der Waals surface area contributed by atoms with Gasteiger partial charge in [-0.25, -0.2) is 8.78 Å². The normalized spacial score (nSPS) is 26.8. The molecule has 3 aliphatic carbocycles. The number of hydrogen-bond donors (Lipinski definition) is 5. The number of likely N-dealkylation sites (N-methyl/N-ethyl adjacent to an activating group) is 1. The van der Waals surface area contributed by atoms with Crippen molar-refractivity contribution in [2.24, 2.45) is 17.6 Å². The van der Waals surface area contributed by atoms with Crippen molar-refractivity contribution >= 4 is 23.2 Å². The topological polar surface area (TPSA) is 161 Å². The molecule has 9 nitrogen and oxygen atoms in total. The van der Waals surface area contributed by atoms with Crippen LogP contribution in [0.2, 0.25) is 0 Å². The first-order valence-electron chi connectivity index (χ1n) is 11.7. The number of benzene rings is 2. The van der Waals surface area contributed by atoms with Crippen LogP contribution in [0.5, 0.6) is 5.75 Å². The van der Waals surface area contributed by atoms with Crippen LogP contribution in [0.4, 0.5) is 8.78 Å². The summed E-state index contributed by atoms with van der Waals surface area (Å²) in [6.07, 6.45) is -0.102. The molecule has 0 bridgehead atoms. The molecule has 0 spiro atoms. The lowest BCUT2D eigenvalue weighted by Gasteiger charge is -2.50. The lowest BCUT2D eigenvalue weighted by Crippen LogP contribution is -2.65. The van der Waals surface area contributed by atoms with E-state index in [4.69, 9.17) is 5.73 Å². The first kappa shape index (κ1) is 25.6. The van der Waals surface area contributed by atoms with E-state index in [2.05, 4.69) is 0 Å². The molecule has 3 aliphatic rings. The van der Waals surface area contributed by atoms with Crippen molar-refractivity contribution in [1.82, 2.24) is 4.90 Å². The molecule has 5 rings (SSSR count). The molecule has 11 heteroatoms. The maximum absolute atomic E-state index is 14.0. The Morgan fingerprint density at radius 2 is 1.71 bits per heavy atom. The van der Waals surface area contributed by atoms with Gasteiger partial charge in [-0.3, -0.25) is 19.3 Å². The van der Waals surface area contributed by atoms with Gasteiger partial charge >= 0.3 is 0 Å². The maximum Gasteiger partial charge on any atom is 0.255 e. The quantitative estimate of drug-likeness (QED) is 0.379. The Morgan fingerprint density at radius 1 is 1.08 bits per heavy atom. The van der Waals surface area contributed by atoms with Crippen LogP contribution >= 0.6 is 0 Å². The Labute approximate surface area is 215 Å². The predicted octanol–water partition coefficient (Wildman–Crippen LogP) is 1.91. The van der Waals surface area contributed by atoms with Crippen LogP contribution in [0, 0.1) is 23.5 Å². The number of phenols is 1. The third-order valence-corrected chi connectivity index (χ3v) is 7.78. The predicted molar refractivity (Wildman–Crippen MR) is 130 cm³/mol. The monoisotopic (exact) mass is 526 g/mol. The average molecular weight is 526 g/mol. The number of rotatable bonds is 3. The molecule has 0 unspecified atom stereocenters. The van der Waals surface area contributed by atoms with Crippen molar-refractivity contribution in [2.75, 3.05) is 14.1 Å². The minimum Gasteiger partial charge on any atom is -0.508 e. The summed E-state index contributed by atoms with van der Waals surface area (Å²) in [4.78, 5) is 40.4. The van der Waals surface area contributed by atoms with Crippen molar-refractivity contribution in [1.29, 1.82) is 0 Å². The number of Topliss-reactive ketones (excluding diaryl/α,β-unsaturated/α-hetero) is 2. The lowest BCUT2D eigenvalue weighted by atomic mass is 9.57. The largest absolute Gasteiger partial charge is 0.508 e. The molecule has 2 aromatic carbocycles. The Morgan fingerprint density at radius 3 is 2.29 bits per heavy atom. The summed E-state index contributed by atoms with van der Waals surface area (Å²) in [7, 11) is 3.00. The van der Waals surface area contributed by atoms with Gasteiger partial charge in [0.05, 0.1) is 11.6 Å². The van der Waals surface area contributed by atoms with Gasteiger partial charge in [-0.05, 0) is 67.7 Å². The molecular formula is C27H24F2N2O7. The summed E-state index contributed by atoms with van der Waals surface area (Å²) in [5.74, 6) is -9.31. The van der Waals surface area contributed by atoms with Crippen molar-refractivity contribution < 1.29 is 43.6 Å². The van der Waals surface area contributed by atoms with E-state index < -0.39 is 75.4 Å². The highest BCUT2D eigenvalue weighted by Crippen LogP contribution is 2.53. The fourth-order valence-electron chi connectivity index (χ4n) is 6.22. The number of nitrogens with zero attached hydrogens (tertiary/aromatic N) is 1. The zero-order valence-corrected chi connectivity index (χ0v) is 20.3. The van der Waals surface area contributed by atoms with Gasteiger partial charge in [0.2, 0.25) is 5.78 Å². The number of hydrogen-bond acceptors (Lipinski definition) is 8. The standard InChI is InChI=1S/C27H24F2N2O7/c1-31(2)21-16-8-11-7-15-14(10-5-12(28)9-13(29)6-10)3-4-17(32)19(15)22(33)18(11)24(35)27(16,38)25(36)20(23(21)34)26(30)37/h3-6,9,11,16,21,32-33,36,38H,7-8H2,1-2H3,(H2,30,37)/t11-,16-,21-,27-/m1/s1. The minimum atomic E-state index is -2.75. The molecule has 2 aromatic rings. The molecule has 1 fully saturated rings. The van der Waals surface area contributed by atoms with Crippen LogP contribution in [-0.4, -0.2) is 68.5 Å². The van der Waals surface area contributed by atoms with Crippen LogP contribution in [0.3, 0.4) is 0 Å². The van der Waals surface area contributed by atoms with Crippen molar-refractivity contribution in [3.05, 3.63) is 70.0 Å². The second-order valence-electron chi connectivity index (χ2n) is 10.1. The molecule has 0 aliphatic heterocycles. The molecule has 38 heavy (non-hydrogen) atoms. The van der Waals surface area contributed by atoms with Crippen molar-refractivity contribution in [3.8, 4) is 16.9 Å². The Balaban J connectivity index is 1.75. The number of nitrogens with two attached hydrogens (primary N) is 1. The van der Waals surface area contributed by atoms with E-state index in [1.54, 1.807) is 0 Å². The van der Waals surface area contributed by atoms with Gasteiger partial charge in [-0.2, -0.15) is 0 Å². The highest BCUT2D eigenvalue weighted by atomic mass is 19.1. The number of ketones is 2. The first-order chi connectivity index (χ1) is 17.8. The van der Waals surface area contributed by atoms with Crippen LogP contribution in [-0.2, 0) is 20.8 Å². The molecule has 0 saturated heterocycles. The number of phenolic OH excluding ortho intramolecular Hbond substituents is 1. The molecule has 1 amide bonds. The number of aromatic hydroxyl groups is 1. The van der Waals surface area contributed by atoms with Crippen molar-refractivity contribution in [2.45, 2.75) is 24.5 Å². The zero-order chi connectivity index (χ0) is 27.8.